The number of nitrogens with one attached hydrogen (secondary N) is 1. The lowest BCUT2D eigenvalue weighted by molar-refractivity contribution is -0.403. The van der Waals surface area contributed by atoms with Crippen LogP contribution in [0.1, 0.15) is 0 Å². The third kappa shape index (κ3) is 3.33. The van der Waals surface area contributed by atoms with Crippen molar-refractivity contribution in [1.82, 2.24) is 10.3 Å². The van der Waals surface area contributed by atoms with Gasteiger partial charge in [-0.3, -0.25) is 10.1 Å². The molecule has 1 aromatic heterocycles. The van der Waals surface area contributed by atoms with Crippen LogP contribution < -0.4 is 15.0 Å². The number of aromatic nitrogens is 1. The third-order valence-electron chi connectivity index (χ3n) is 2.16. The summed E-state index contributed by atoms with van der Waals surface area (Å²) in [5.74, 6) is 0.855. The molecule has 7 nitrogen and oxygen atoms in total. The van der Waals surface area contributed by atoms with Gasteiger partial charge in [0.05, 0.1) is 23.9 Å². The molecule has 0 spiro atoms. The molecule has 0 aromatic carbocycles. The minimum Gasteiger partial charge on any atom is -0.481 e. The van der Waals surface area contributed by atoms with E-state index in [9.17, 15) is 10.1 Å². The van der Waals surface area contributed by atoms with Gasteiger partial charge in [-0.25, -0.2) is 4.98 Å². The van der Waals surface area contributed by atoms with E-state index in [1.54, 1.807) is 37.3 Å². The molecule has 0 fully saturated rings. The standard InChI is InChI=1S/C10H14N4O3/c1-11-9(7-14(15)16)13(2)8-4-5-10(17-3)12-6-8/h4-7,11H,1-3H3. The first-order chi connectivity index (χ1) is 8.08. The summed E-state index contributed by atoms with van der Waals surface area (Å²) in [5, 5.41) is 13.2. The number of nitrogens with zero attached hydrogens (tertiary/aromatic N) is 3. The topological polar surface area (TPSA) is 80.5 Å². The molecular formula is C10H14N4O3. The van der Waals surface area contributed by atoms with Gasteiger partial charge in [0.1, 0.15) is 0 Å². The molecule has 0 amide bonds. The first-order valence-electron chi connectivity index (χ1n) is 4.85. The van der Waals surface area contributed by atoms with Gasteiger partial charge in [-0.1, -0.05) is 0 Å². The number of anilines is 1. The Labute approximate surface area is 98.9 Å². The van der Waals surface area contributed by atoms with Crippen LogP contribution in [0.2, 0.25) is 0 Å². The first-order valence-corrected chi connectivity index (χ1v) is 4.85. The Hall–Kier alpha value is -2.31. The molecule has 0 radical (unpaired) electrons. The largest absolute Gasteiger partial charge is 0.481 e. The van der Waals surface area contributed by atoms with E-state index in [2.05, 4.69) is 10.3 Å². The molecule has 0 bridgehead atoms. The summed E-state index contributed by atoms with van der Waals surface area (Å²) in [4.78, 5) is 15.6. The highest BCUT2D eigenvalue weighted by Crippen LogP contribution is 2.17. The summed E-state index contributed by atoms with van der Waals surface area (Å²) in [6.45, 7) is 0. The van der Waals surface area contributed by atoms with Gasteiger partial charge in [-0.2, -0.15) is 0 Å². The van der Waals surface area contributed by atoms with E-state index in [1.807, 2.05) is 0 Å². The molecule has 0 saturated heterocycles. The van der Waals surface area contributed by atoms with Crippen molar-refractivity contribution >= 4 is 5.69 Å². The average molecular weight is 238 g/mol. The Balaban J connectivity index is 2.93. The SMILES string of the molecule is CNC(=C[N+](=O)[O-])N(C)c1ccc(OC)nc1. The molecule has 1 heterocycles. The van der Waals surface area contributed by atoms with Crippen LogP contribution in [-0.2, 0) is 0 Å². The summed E-state index contributed by atoms with van der Waals surface area (Å²) in [5.41, 5.74) is 0.716. The van der Waals surface area contributed by atoms with Gasteiger partial charge in [0.15, 0.2) is 5.82 Å². The maximum Gasteiger partial charge on any atom is 0.274 e. The van der Waals surface area contributed by atoms with Crippen molar-refractivity contribution in [3.05, 3.63) is 40.5 Å². The van der Waals surface area contributed by atoms with Gasteiger partial charge in [0.2, 0.25) is 5.88 Å². The lowest BCUT2D eigenvalue weighted by atomic mass is 10.4. The lowest BCUT2D eigenvalue weighted by Crippen LogP contribution is -2.26. The second-order valence-corrected chi connectivity index (χ2v) is 3.17. The quantitative estimate of drug-likeness (QED) is 0.604. The molecule has 0 aliphatic rings. The second-order valence-electron chi connectivity index (χ2n) is 3.17. The van der Waals surface area contributed by atoms with Crippen LogP contribution in [-0.4, -0.2) is 31.1 Å². The average Bonchev–Trinajstić information content (AvgIpc) is 2.35. The van der Waals surface area contributed by atoms with Crippen molar-refractivity contribution in [1.29, 1.82) is 0 Å². The van der Waals surface area contributed by atoms with Crippen LogP contribution in [0, 0.1) is 10.1 Å². The zero-order chi connectivity index (χ0) is 12.8. The smallest absolute Gasteiger partial charge is 0.274 e. The molecule has 0 aliphatic heterocycles. The molecule has 1 N–H and O–H groups in total. The Morgan fingerprint density at radius 2 is 2.35 bits per heavy atom. The van der Waals surface area contributed by atoms with Crippen molar-refractivity contribution < 1.29 is 9.66 Å². The van der Waals surface area contributed by atoms with Crippen molar-refractivity contribution in [2.45, 2.75) is 0 Å². The van der Waals surface area contributed by atoms with E-state index in [1.165, 1.54) is 7.11 Å². The number of nitro groups is 1. The molecule has 17 heavy (non-hydrogen) atoms. The van der Waals surface area contributed by atoms with Crippen LogP contribution in [0.15, 0.2) is 30.4 Å². The second kappa shape index (κ2) is 5.69. The molecule has 92 valence electrons. The highest BCUT2D eigenvalue weighted by molar-refractivity contribution is 5.49. The first kappa shape index (κ1) is 12.8. The monoisotopic (exact) mass is 238 g/mol. The number of hydrogen-bond acceptors (Lipinski definition) is 6. The Morgan fingerprint density at radius 3 is 2.76 bits per heavy atom. The summed E-state index contributed by atoms with van der Waals surface area (Å²) >= 11 is 0. The fourth-order valence-corrected chi connectivity index (χ4v) is 1.25. The molecule has 1 rings (SSSR count). The van der Waals surface area contributed by atoms with Gasteiger partial charge >= 0.3 is 0 Å². The molecule has 0 unspecified atom stereocenters. The van der Waals surface area contributed by atoms with Gasteiger partial charge in [0.25, 0.3) is 6.20 Å². The van der Waals surface area contributed by atoms with Crippen molar-refractivity contribution in [3.63, 3.8) is 0 Å². The van der Waals surface area contributed by atoms with Crippen molar-refractivity contribution in [2.75, 3.05) is 26.1 Å². The van der Waals surface area contributed by atoms with Crippen LogP contribution in [0.3, 0.4) is 0 Å². The molecule has 0 atom stereocenters. The molecule has 0 saturated carbocycles. The third-order valence-corrected chi connectivity index (χ3v) is 2.16. The predicted octanol–water partition coefficient (Wildman–Crippen LogP) is 0.821. The Morgan fingerprint density at radius 1 is 1.65 bits per heavy atom. The molecule has 7 heteroatoms. The summed E-state index contributed by atoms with van der Waals surface area (Å²) in [7, 11) is 4.84. The molecule has 0 aliphatic carbocycles. The zero-order valence-electron chi connectivity index (χ0n) is 9.88. The summed E-state index contributed by atoms with van der Waals surface area (Å²) < 4.78 is 4.93. The van der Waals surface area contributed by atoms with Crippen LogP contribution in [0.25, 0.3) is 0 Å². The predicted molar refractivity (Wildman–Crippen MR) is 63.3 cm³/mol. The van der Waals surface area contributed by atoms with Crippen LogP contribution in [0.4, 0.5) is 5.69 Å². The molecular weight excluding hydrogens is 224 g/mol. The van der Waals surface area contributed by atoms with Crippen molar-refractivity contribution in [2.24, 2.45) is 0 Å². The highest BCUT2D eigenvalue weighted by atomic mass is 16.6. The zero-order valence-corrected chi connectivity index (χ0v) is 9.88. The Bertz CT molecular complexity index is 416. The number of hydrogen-bond donors (Lipinski definition) is 1. The Kier molecular flexibility index (Phi) is 4.27. The fourth-order valence-electron chi connectivity index (χ4n) is 1.25. The van der Waals surface area contributed by atoms with E-state index in [0.29, 0.717) is 17.4 Å². The summed E-state index contributed by atoms with van der Waals surface area (Å²) in [6, 6.07) is 3.45. The van der Waals surface area contributed by atoms with E-state index in [4.69, 9.17) is 4.74 Å². The van der Waals surface area contributed by atoms with E-state index >= 15 is 0 Å². The van der Waals surface area contributed by atoms with Gasteiger partial charge in [0, 0.05) is 20.2 Å². The maximum absolute atomic E-state index is 10.4. The number of pyridine rings is 1. The van der Waals surface area contributed by atoms with E-state index in [-0.39, 0.29) is 0 Å². The molecule has 1 aromatic rings. The van der Waals surface area contributed by atoms with E-state index < -0.39 is 4.92 Å². The minimum atomic E-state index is -0.515. The maximum atomic E-state index is 10.4. The highest BCUT2D eigenvalue weighted by Gasteiger charge is 2.09. The number of rotatable bonds is 5. The number of ether oxygens (including phenoxy) is 1. The van der Waals surface area contributed by atoms with Gasteiger partial charge in [-0.15, -0.1) is 0 Å². The van der Waals surface area contributed by atoms with Gasteiger partial charge in [-0.05, 0) is 6.07 Å². The normalized spacial score (nSPS) is 10.9. The van der Waals surface area contributed by atoms with Crippen LogP contribution >= 0.6 is 0 Å². The van der Waals surface area contributed by atoms with Crippen LogP contribution in [0.5, 0.6) is 5.88 Å². The van der Waals surface area contributed by atoms with E-state index in [0.717, 1.165) is 6.20 Å². The summed E-state index contributed by atoms with van der Waals surface area (Å²) in [6.07, 6.45) is 2.47. The number of methoxy groups -OCH3 is 1. The van der Waals surface area contributed by atoms with Gasteiger partial charge < -0.3 is 15.0 Å². The minimum absolute atomic E-state index is 0.363. The van der Waals surface area contributed by atoms with Crippen molar-refractivity contribution in [3.8, 4) is 5.88 Å². The lowest BCUT2D eigenvalue weighted by Gasteiger charge is -2.19. The fraction of sp³-hybridized carbons (Fsp3) is 0.300.